The fourth-order valence-electron chi connectivity index (χ4n) is 2.05. The number of nitrogens with one attached hydrogen (secondary N) is 2. The van der Waals surface area contributed by atoms with Gasteiger partial charge in [-0.25, -0.2) is 8.42 Å². The minimum Gasteiger partial charge on any atom is -0.455 e. The van der Waals surface area contributed by atoms with Crippen molar-refractivity contribution in [1.82, 2.24) is 14.6 Å². The Hall–Kier alpha value is -2.21. The minimum atomic E-state index is -4.06. The second kappa shape index (κ2) is 9.32. The SMILES string of the molecule is Cn1cccc1C(=O)NC(=O)COC(=O)CNS(=O)(=O)c1ccc(Br)cc1Cl. The van der Waals surface area contributed by atoms with Crippen LogP contribution in [-0.4, -0.2) is 43.9 Å². The summed E-state index contributed by atoms with van der Waals surface area (Å²) in [6.45, 7) is -1.45. The number of ether oxygens (including phenoxy) is 1. The number of esters is 1. The minimum absolute atomic E-state index is 0.0335. The van der Waals surface area contributed by atoms with Crippen molar-refractivity contribution in [3.05, 3.63) is 51.7 Å². The molecule has 0 radical (unpaired) electrons. The summed E-state index contributed by atoms with van der Waals surface area (Å²) in [6.07, 6.45) is 1.63. The van der Waals surface area contributed by atoms with E-state index in [-0.39, 0.29) is 15.6 Å². The maximum atomic E-state index is 12.2. The van der Waals surface area contributed by atoms with Crippen molar-refractivity contribution in [3.8, 4) is 0 Å². The molecule has 0 bridgehead atoms. The molecule has 0 unspecified atom stereocenters. The lowest BCUT2D eigenvalue weighted by Gasteiger charge is -2.09. The number of halogens is 2. The molecule has 0 aliphatic rings. The van der Waals surface area contributed by atoms with Crippen molar-refractivity contribution in [2.45, 2.75) is 4.90 Å². The number of hydrogen-bond donors (Lipinski definition) is 2. The Balaban J connectivity index is 1.83. The maximum Gasteiger partial charge on any atom is 0.321 e. The van der Waals surface area contributed by atoms with Crippen LogP contribution in [0.15, 0.2) is 45.9 Å². The van der Waals surface area contributed by atoms with E-state index in [9.17, 15) is 22.8 Å². The molecule has 0 aliphatic carbocycles. The molecular weight excluding hydrogens is 478 g/mol. The van der Waals surface area contributed by atoms with Crippen LogP contribution >= 0.6 is 27.5 Å². The Morgan fingerprint density at radius 3 is 2.57 bits per heavy atom. The fourth-order valence-corrected chi connectivity index (χ4v) is 4.05. The topological polar surface area (TPSA) is 124 Å². The van der Waals surface area contributed by atoms with E-state index in [2.05, 4.69) is 26.0 Å². The number of aryl methyl sites for hydroxylation is 1. The van der Waals surface area contributed by atoms with Gasteiger partial charge >= 0.3 is 5.97 Å². The third-order valence-electron chi connectivity index (χ3n) is 3.38. The molecule has 2 rings (SSSR count). The van der Waals surface area contributed by atoms with E-state index < -0.39 is 41.0 Å². The predicted octanol–water partition coefficient (Wildman–Crippen LogP) is 1.22. The summed E-state index contributed by atoms with van der Waals surface area (Å²) in [6, 6.07) is 7.28. The van der Waals surface area contributed by atoms with Crippen LogP contribution in [0.2, 0.25) is 5.02 Å². The number of sulfonamides is 1. The first kappa shape index (κ1) is 22.1. The summed E-state index contributed by atoms with van der Waals surface area (Å²) in [7, 11) is -2.43. The largest absolute Gasteiger partial charge is 0.455 e. The highest BCUT2D eigenvalue weighted by molar-refractivity contribution is 9.10. The molecule has 0 saturated heterocycles. The number of aromatic nitrogens is 1. The first-order valence-electron chi connectivity index (χ1n) is 7.66. The molecule has 2 amide bonds. The number of rotatable bonds is 7. The number of amides is 2. The predicted molar refractivity (Wildman–Crippen MR) is 103 cm³/mol. The number of carbonyl (C=O) groups is 3. The number of nitrogens with zero attached hydrogens (tertiary/aromatic N) is 1. The molecule has 1 aromatic carbocycles. The van der Waals surface area contributed by atoms with Crippen LogP contribution in [0.5, 0.6) is 0 Å². The Bertz CT molecular complexity index is 1020. The highest BCUT2D eigenvalue weighted by atomic mass is 79.9. The number of hydrogen-bond acceptors (Lipinski definition) is 6. The van der Waals surface area contributed by atoms with E-state index in [4.69, 9.17) is 11.6 Å². The molecule has 2 N–H and O–H groups in total. The molecule has 0 spiro atoms. The van der Waals surface area contributed by atoms with Crippen LogP contribution < -0.4 is 10.0 Å². The van der Waals surface area contributed by atoms with Crippen LogP contribution in [0.3, 0.4) is 0 Å². The Morgan fingerprint density at radius 2 is 1.96 bits per heavy atom. The molecule has 0 atom stereocenters. The van der Waals surface area contributed by atoms with Gasteiger partial charge in [0, 0.05) is 17.7 Å². The molecule has 0 fully saturated rings. The van der Waals surface area contributed by atoms with Crippen molar-refractivity contribution < 1.29 is 27.5 Å². The zero-order chi connectivity index (χ0) is 20.9. The molecule has 150 valence electrons. The van der Waals surface area contributed by atoms with Crippen molar-refractivity contribution in [1.29, 1.82) is 0 Å². The van der Waals surface area contributed by atoms with E-state index in [1.165, 1.54) is 28.8 Å². The van der Waals surface area contributed by atoms with E-state index in [1.807, 2.05) is 4.72 Å². The first-order chi connectivity index (χ1) is 13.1. The van der Waals surface area contributed by atoms with Gasteiger partial charge in [0.1, 0.15) is 17.1 Å². The van der Waals surface area contributed by atoms with E-state index in [0.717, 1.165) is 0 Å². The zero-order valence-electron chi connectivity index (χ0n) is 14.4. The summed E-state index contributed by atoms with van der Waals surface area (Å²) in [5.41, 5.74) is 0.249. The highest BCUT2D eigenvalue weighted by Gasteiger charge is 2.20. The van der Waals surface area contributed by atoms with Crippen LogP contribution in [0.1, 0.15) is 10.5 Å². The standard InChI is InChI=1S/C16H15BrClN3O6S/c1-21-6-2-3-12(21)16(24)20-14(22)9-27-15(23)8-19-28(25,26)13-5-4-10(17)7-11(13)18/h2-7,19H,8-9H2,1H3,(H,20,22,24). The quantitative estimate of drug-likeness (QED) is 0.560. The normalized spacial score (nSPS) is 11.1. The van der Waals surface area contributed by atoms with Gasteiger partial charge in [0.15, 0.2) is 6.61 Å². The summed E-state index contributed by atoms with van der Waals surface area (Å²) in [5, 5.41) is 2.02. The molecular formula is C16H15BrClN3O6S. The van der Waals surface area contributed by atoms with E-state index in [1.54, 1.807) is 19.3 Å². The Morgan fingerprint density at radius 1 is 1.25 bits per heavy atom. The molecule has 0 aliphatic heterocycles. The number of carbonyl (C=O) groups excluding carboxylic acids is 3. The first-order valence-corrected chi connectivity index (χ1v) is 10.3. The summed E-state index contributed by atoms with van der Waals surface area (Å²) in [5.74, 6) is -2.50. The fraction of sp³-hybridized carbons (Fsp3) is 0.188. The van der Waals surface area contributed by atoms with E-state index in [0.29, 0.717) is 4.47 Å². The Labute approximate surface area is 174 Å². The molecule has 12 heteroatoms. The zero-order valence-corrected chi connectivity index (χ0v) is 17.6. The highest BCUT2D eigenvalue weighted by Crippen LogP contribution is 2.24. The van der Waals surface area contributed by atoms with Crippen LogP contribution in [0.25, 0.3) is 0 Å². The second-order valence-electron chi connectivity index (χ2n) is 5.44. The van der Waals surface area contributed by atoms with Gasteiger partial charge < -0.3 is 9.30 Å². The van der Waals surface area contributed by atoms with Crippen LogP contribution in [0, 0.1) is 0 Å². The van der Waals surface area contributed by atoms with Crippen molar-refractivity contribution in [2.24, 2.45) is 7.05 Å². The van der Waals surface area contributed by atoms with Gasteiger partial charge in [-0.1, -0.05) is 27.5 Å². The van der Waals surface area contributed by atoms with Crippen LogP contribution in [0.4, 0.5) is 0 Å². The summed E-state index contributed by atoms with van der Waals surface area (Å²) < 4.78 is 33.1. The van der Waals surface area contributed by atoms with Gasteiger partial charge in [0.05, 0.1) is 5.02 Å². The third kappa shape index (κ3) is 5.89. The molecule has 1 aromatic heterocycles. The monoisotopic (exact) mass is 491 g/mol. The van der Waals surface area contributed by atoms with Gasteiger partial charge in [-0.3, -0.25) is 19.7 Å². The molecule has 28 heavy (non-hydrogen) atoms. The van der Waals surface area contributed by atoms with Crippen LogP contribution in [-0.2, 0) is 31.4 Å². The van der Waals surface area contributed by atoms with Gasteiger partial charge in [-0.05, 0) is 30.3 Å². The number of imide groups is 1. The van der Waals surface area contributed by atoms with Gasteiger partial charge in [0.25, 0.3) is 11.8 Å². The van der Waals surface area contributed by atoms with Crippen molar-refractivity contribution >= 4 is 55.3 Å². The second-order valence-corrected chi connectivity index (χ2v) is 8.50. The molecule has 2 aromatic rings. The lowest BCUT2D eigenvalue weighted by molar-refractivity contribution is -0.147. The van der Waals surface area contributed by atoms with Crippen molar-refractivity contribution in [3.63, 3.8) is 0 Å². The van der Waals surface area contributed by atoms with Gasteiger partial charge in [-0.2, -0.15) is 4.72 Å². The number of benzene rings is 1. The van der Waals surface area contributed by atoms with Gasteiger partial charge in [-0.15, -0.1) is 0 Å². The van der Waals surface area contributed by atoms with Crippen molar-refractivity contribution in [2.75, 3.05) is 13.2 Å². The van der Waals surface area contributed by atoms with Gasteiger partial charge in [0.2, 0.25) is 10.0 Å². The molecule has 9 nitrogen and oxygen atoms in total. The average Bonchev–Trinajstić information content (AvgIpc) is 3.04. The molecule has 0 saturated carbocycles. The summed E-state index contributed by atoms with van der Waals surface area (Å²) in [4.78, 5) is 35.0. The smallest absolute Gasteiger partial charge is 0.321 e. The lowest BCUT2D eigenvalue weighted by Crippen LogP contribution is -2.37. The maximum absolute atomic E-state index is 12.2. The molecule has 1 heterocycles. The third-order valence-corrected chi connectivity index (χ3v) is 5.76. The van der Waals surface area contributed by atoms with E-state index >= 15 is 0 Å². The Kier molecular flexibility index (Phi) is 7.35. The lowest BCUT2D eigenvalue weighted by atomic mass is 10.4. The average molecular weight is 493 g/mol. The summed E-state index contributed by atoms with van der Waals surface area (Å²) >= 11 is 9.04.